The van der Waals surface area contributed by atoms with Crippen molar-refractivity contribution in [2.45, 2.75) is 37.5 Å². The van der Waals surface area contributed by atoms with Crippen LogP contribution in [0.15, 0.2) is 24.3 Å². The highest BCUT2D eigenvalue weighted by molar-refractivity contribution is 6.30. The van der Waals surface area contributed by atoms with Crippen molar-refractivity contribution in [2.75, 3.05) is 33.4 Å². The number of carbonyl (C=O) groups is 1. The van der Waals surface area contributed by atoms with Gasteiger partial charge in [-0.15, -0.1) is 12.4 Å². The summed E-state index contributed by atoms with van der Waals surface area (Å²) in [5, 5.41) is 7.34. The summed E-state index contributed by atoms with van der Waals surface area (Å²) >= 11 is 6.02. The van der Waals surface area contributed by atoms with Crippen molar-refractivity contribution in [2.24, 2.45) is 5.41 Å². The Morgan fingerprint density at radius 1 is 1.20 bits per heavy atom. The molecule has 1 heterocycles. The third-order valence-corrected chi connectivity index (χ3v) is 6.07. The fraction of sp³-hybridized carbons (Fsp3) is 0.632. The number of hydrogen-bond acceptors (Lipinski definition) is 3. The summed E-state index contributed by atoms with van der Waals surface area (Å²) in [7, 11) is 1.68. The molecule has 0 radical (unpaired) electrons. The van der Waals surface area contributed by atoms with Gasteiger partial charge in [0, 0.05) is 24.1 Å². The van der Waals surface area contributed by atoms with Crippen LogP contribution in [0.25, 0.3) is 0 Å². The minimum Gasteiger partial charge on any atom is -0.384 e. The van der Waals surface area contributed by atoms with Gasteiger partial charge < -0.3 is 15.4 Å². The van der Waals surface area contributed by atoms with E-state index in [2.05, 4.69) is 22.8 Å². The first-order chi connectivity index (χ1) is 11.6. The van der Waals surface area contributed by atoms with Gasteiger partial charge in [0.25, 0.3) is 0 Å². The summed E-state index contributed by atoms with van der Waals surface area (Å²) in [6.45, 7) is 2.94. The third kappa shape index (κ3) is 4.30. The number of rotatable bonds is 6. The van der Waals surface area contributed by atoms with Gasteiger partial charge in [0.05, 0.1) is 12.0 Å². The molecule has 0 bridgehead atoms. The zero-order chi connectivity index (χ0) is 17.0. The van der Waals surface area contributed by atoms with E-state index in [1.54, 1.807) is 7.11 Å². The third-order valence-electron chi connectivity index (χ3n) is 5.82. The van der Waals surface area contributed by atoms with E-state index in [9.17, 15) is 4.79 Å². The first-order valence-electron chi connectivity index (χ1n) is 8.84. The Morgan fingerprint density at radius 2 is 1.84 bits per heavy atom. The van der Waals surface area contributed by atoms with Crippen LogP contribution in [-0.4, -0.2) is 39.3 Å². The van der Waals surface area contributed by atoms with Gasteiger partial charge in [-0.2, -0.15) is 0 Å². The maximum absolute atomic E-state index is 12.9. The molecule has 1 saturated heterocycles. The second-order valence-corrected chi connectivity index (χ2v) is 7.72. The Hall–Kier alpha value is -0.810. The Kier molecular flexibility index (Phi) is 7.15. The summed E-state index contributed by atoms with van der Waals surface area (Å²) in [5.41, 5.74) is 0.969. The molecule has 0 unspecified atom stereocenters. The molecule has 0 spiro atoms. The second-order valence-electron chi connectivity index (χ2n) is 7.29. The molecule has 1 aromatic carbocycles. The highest BCUT2D eigenvalue weighted by Crippen LogP contribution is 2.43. The number of methoxy groups -OCH3 is 1. The lowest BCUT2D eigenvalue weighted by molar-refractivity contribution is -0.136. The van der Waals surface area contributed by atoms with Gasteiger partial charge in [-0.25, -0.2) is 0 Å². The lowest BCUT2D eigenvalue weighted by Gasteiger charge is -2.44. The molecule has 1 aliphatic carbocycles. The standard InChI is InChI=1S/C19H27ClN2O2.ClH/c1-24-14-19(9-11-21-12-10-19)17(23)22-13-18(7-2-8-18)15-3-5-16(20)6-4-15;/h3-6,21H,2,7-14H2,1H3,(H,22,23);1H. The van der Waals surface area contributed by atoms with E-state index in [4.69, 9.17) is 16.3 Å². The smallest absolute Gasteiger partial charge is 0.228 e. The summed E-state index contributed by atoms with van der Waals surface area (Å²) in [6, 6.07) is 8.09. The van der Waals surface area contributed by atoms with Crippen LogP contribution in [0.4, 0.5) is 0 Å². The number of benzene rings is 1. The number of piperidine rings is 1. The molecule has 140 valence electrons. The molecule has 2 aliphatic rings. The van der Waals surface area contributed by atoms with Gasteiger partial charge in [-0.3, -0.25) is 4.79 Å². The van der Waals surface area contributed by atoms with Crippen molar-refractivity contribution in [1.82, 2.24) is 10.6 Å². The fourth-order valence-corrected chi connectivity index (χ4v) is 4.16. The predicted molar refractivity (Wildman–Crippen MR) is 104 cm³/mol. The van der Waals surface area contributed by atoms with E-state index in [1.165, 1.54) is 12.0 Å². The first-order valence-corrected chi connectivity index (χ1v) is 9.22. The number of nitrogens with one attached hydrogen (secondary N) is 2. The van der Waals surface area contributed by atoms with Crippen molar-refractivity contribution in [3.63, 3.8) is 0 Å². The van der Waals surface area contributed by atoms with Gasteiger partial charge in [0.2, 0.25) is 5.91 Å². The Balaban J connectivity index is 0.00000225. The van der Waals surface area contributed by atoms with Crippen LogP contribution in [0.5, 0.6) is 0 Å². The van der Waals surface area contributed by atoms with Crippen molar-refractivity contribution in [3.8, 4) is 0 Å². The van der Waals surface area contributed by atoms with E-state index >= 15 is 0 Å². The van der Waals surface area contributed by atoms with E-state index in [0.717, 1.165) is 43.8 Å². The maximum Gasteiger partial charge on any atom is 0.228 e. The maximum atomic E-state index is 12.9. The van der Waals surface area contributed by atoms with Gasteiger partial charge >= 0.3 is 0 Å². The van der Waals surface area contributed by atoms with Crippen molar-refractivity contribution < 1.29 is 9.53 Å². The van der Waals surface area contributed by atoms with Crippen LogP contribution in [0.1, 0.15) is 37.7 Å². The lowest BCUT2D eigenvalue weighted by Crippen LogP contribution is -2.53. The average Bonchev–Trinajstić information content (AvgIpc) is 2.56. The highest BCUT2D eigenvalue weighted by atomic mass is 35.5. The van der Waals surface area contributed by atoms with Crippen LogP contribution in [-0.2, 0) is 14.9 Å². The van der Waals surface area contributed by atoms with Gasteiger partial charge in [-0.05, 0) is 56.5 Å². The number of hydrogen-bond donors (Lipinski definition) is 2. The molecule has 0 aromatic heterocycles. The molecule has 3 rings (SSSR count). The van der Waals surface area contributed by atoms with Crippen molar-refractivity contribution in [3.05, 3.63) is 34.9 Å². The number of halogens is 2. The number of ether oxygens (including phenoxy) is 1. The number of amides is 1. The normalized spacial score (nSPS) is 20.9. The van der Waals surface area contributed by atoms with Crippen LogP contribution in [0.2, 0.25) is 5.02 Å². The molecular formula is C19H28Cl2N2O2. The topological polar surface area (TPSA) is 50.4 Å². The van der Waals surface area contributed by atoms with Crippen LogP contribution in [0.3, 0.4) is 0 Å². The minimum absolute atomic E-state index is 0. The molecule has 1 amide bonds. The summed E-state index contributed by atoms with van der Waals surface area (Å²) in [5.74, 6) is 0.145. The van der Waals surface area contributed by atoms with Gasteiger partial charge in [0.15, 0.2) is 0 Å². The summed E-state index contributed by atoms with van der Waals surface area (Å²) in [6.07, 6.45) is 5.12. The molecule has 0 atom stereocenters. The second kappa shape index (κ2) is 8.72. The Bertz CT molecular complexity index is 562. The fourth-order valence-electron chi connectivity index (χ4n) is 4.03. The van der Waals surface area contributed by atoms with Crippen LogP contribution in [0, 0.1) is 5.41 Å². The van der Waals surface area contributed by atoms with Crippen molar-refractivity contribution in [1.29, 1.82) is 0 Å². The van der Waals surface area contributed by atoms with E-state index < -0.39 is 0 Å². The van der Waals surface area contributed by atoms with Gasteiger partial charge in [-0.1, -0.05) is 30.2 Å². The zero-order valence-electron chi connectivity index (χ0n) is 14.8. The minimum atomic E-state index is -0.384. The molecule has 1 saturated carbocycles. The number of carbonyl (C=O) groups excluding carboxylic acids is 1. The largest absolute Gasteiger partial charge is 0.384 e. The van der Waals surface area contributed by atoms with E-state index in [-0.39, 0.29) is 29.1 Å². The summed E-state index contributed by atoms with van der Waals surface area (Å²) in [4.78, 5) is 12.9. The highest BCUT2D eigenvalue weighted by Gasteiger charge is 2.43. The molecular weight excluding hydrogens is 359 g/mol. The predicted octanol–water partition coefficient (Wildman–Crippen LogP) is 3.32. The molecule has 1 aliphatic heterocycles. The molecule has 4 nitrogen and oxygen atoms in total. The van der Waals surface area contributed by atoms with Crippen molar-refractivity contribution >= 4 is 29.9 Å². The van der Waals surface area contributed by atoms with E-state index in [0.29, 0.717) is 13.2 Å². The van der Waals surface area contributed by atoms with Crippen LogP contribution >= 0.6 is 24.0 Å². The molecule has 6 heteroatoms. The molecule has 2 fully saturated rings. The summed E-state index contributed by atoms with van der Waals surface area (Å²) < 4.78 is 5.37. The zero-order valence-corrected chi connectivity index (χ0v) is 16.3. The van der Waals surface area contributed by atoms with E-state index in [1.807, 2.05) is 12.1 Å². The lowest BCUT2D eigenvalue weighted by atomic mass is 9.64. The SMILES string of the molecule is COCC1(C(=O)NCC2(c3ccc(Cl)cc3)CCC2)CCNCC1.Cl. The van der Waals surface area contributed by atoms with Gasteiger partial charge in [0.1, 0.15) is 0 Å². The Labute approximate surface area is 161 Å². The molecule has 25 heavy (non-hydrogen) atoms. The van der Waals surface area contributed by atoms with Crippen LogP contribution < -0.4 is 10.6 Å². The molecule has 1 aromatic rings. The Morgan fingerprint density at radius 3 is 2.36 bits per heavy atom. The molecule has 2 N–H and O–H groups in total. The average molecular weight is 387 g/mol. The monoisotopic (exact) mass is 386 g/mol. The first kappa shape index (κ1) is 20.5. The quantitative estimate of drug-likeness (QED) is 0.788.